The predicted molar refractivity (Wildman–Crippen MR) is 75.8 cm³/mol. The van der Waals surface area contributed by atoms with Gasteiger partial charge in [0, 0.05) is 10.0 Å². The van der Waals surface area contributed by atoms with E-state index in [1.165, 1.54) is 0 Å². The van der Waals surface area contributed by atoms with E-state index in [1.54, 1.807) is 6.92 Å². The second kappa shape index (κ2) is 6.55. The van der Waals surface area contributed by atoms with Crippen LogP contribution < -0.4 is 4.74 Å². The van der Waals surface area contributed by atoms with E-state index in [1.807, 2.05) is 32.0 Å². The summed E-state index contributed by atoms with van der Waals surface area (Å²) in [6, 6.07) is 5.50. The monoisotopic (exact) mass is 316 g/mol. The standard InChI is InChI=1S/C14H21BrO3/c1-4-14(17,5-2)9-18-13-8-11(15)6-7-12(13)10(3)16/h6-8,10,16-17H,4-5,9H2,1-3H3. The first kappa shape index (κ1) is 15.5. The number of hydrogen-bond donors (Lipinski definition) is 2. The minimum Gasteiger partial charge on any atom is -0.490 e. The third-order valence-electron chi connectivity index (χ3n) is 3.24. The van der Waals surface area contributed by atoms with Crippen molar-refractivity contribution in [2.24, 2.45) is 0 Å². The Balaban J connectivity index is 2.86. The van der Waals surface area contributed by atoms with Gasteiger partial charge in [-0.2, -0.15) is 0 Å². The lowest BCUT2D eigenvalue weighted by atomic mass is 9.99. The maximum atomic E-state index is 10.2. The van der Waals surface area contributed by atoms with Gasteiger partial charge >= 0.3 is 0 Å². The smallest absolute Gasteiger partial charge is 0.126 e. The quantitative estimate of drug-likeness (QED) is 0.845. The van der Waals surface area contributed by atoms with E-state index in [4.69, 9.17) is 4.74 Å². The maximum Gasteiger partial charge on any atom is 0.126 e. The molecule has 0 bridgehead atoms. The Kier molecular flexibility index (Phi) is 5.63. The molecule has 18 heavy (non-hydrogen) atoms. The molecule has 1 unspecified atom stereocenters. The van der Waals surface area contributed by atoms with Gasteiger partial charge in [0.25, 0.3) is 0 Å². The first-order chi connectivity index (χ1) is 8.41. The fraction of sp³-hybridized carbons (Fsp3) is 0.571. The zero-order valence-corrected chi connectivity index (χ0v) is 12.7. The molecule has 0 amide bonds. The molecule has 2 N–H and O–H groups in total. The highest BCUT2D eigenvalue weighted by atomic mass is 79.9. The van der Waals surface area contributed by atoms with Crippen molar-refractivity contribution in [3.63, 3.8) is 0 Å². The summed E-state index contributed by atoms with van der Waals surface area (Å²) >= 11 is 3.38. The molecular weight excluding hydrogens is 296 g/mol. The second-order valence-corrected chi connectivity index (χ2v) is 5.49. The molecule has 1 rings (SSSR count). The van der Waals surface area contributed by atoms with Crippen molar-refractivity contribution in [2.45, 2.75) is 45.3 Å². The number of aliphatic hydroxyl groups excluding tert-OH is 1. The Hall–Kier alpha value is -0.580. The SMILES string of the molecule is CCC(O)(CC)COc1cc(Br)ccc1C(C)O. The molecule has 0 saturated heterocycles. The lowest BCUT2D eigenvalue weighted by Gasteiger charge is -2.26. The van der Waals surface area contributed by atoms with E-state index < -0.39 is 11.7 Å². The molecule has 0 aliphatic heterocycles. The van der Waals surface area contributed by atoms with Gasteiger partial charge in [-0.3, -0.25) is 0 Å². The third kappa shape index (κ3) is 3.97. The average molecular weight is 317 g/mol. The molecule has 0 saturated carbocycles. The molecule has 0 aliphatic carbocycles. The summed E-state index contributed by atoms with van der Waals surface area (Å²) in [4.78, 5) is 0. The summed E-state index contributed by atoms with van der Waals surface area (Å²) < 4.78 is 6.57. The van der Waals surface area contributed by atoms with E-state index in [-0.39, 0.29) is 6.61 Å². The summed E-state index contributed by atoms with van der Waals surface area (Å²) in [5.74, 6) is 0.611. The van der Waals surface area contributed by atoms with Crippen molar-refractivity contribution in [3.05, 3.63) is 28.2 Å². The highest BCUT2D eigenvalue weighted by Gasteiger charge is 2.24. The van der Waals surface area contributed by atoms with E-state index in [0.717, 1.165) is 10.0 Å². The molecule has 1 atom stereocenters. The van der Waals surface area contributed by atoms with Crippen LogP contribution in [-0.4, -0.2) is 22.4 Å². The van der Waals surface area contributed by atoms with Crippen molar-refractivity contribution >= 4 is 15.9 Å². The molecule has 0 spiro atoms. The van der Waals surface area contributed by atoms with Gasteiger partial charge in [-0.05, 0) is 31.9 Å². The molecule has 4 heteroatoms. The van der Waals surface area contributed by atoms with E-state index >= 15 is 0 Å². The molecule has 0 fully saturated rings. The first-order valence-electron chi connectivity index (χ1n) is 6.24. The lowest BCUT2D eigenvalue weighted by Crippen LogP contribution is -2.34. The molecule has 0 aromatic heterocycles. The zero-order chi connectivity index (χ0) is 13.8. The van der Waals surface area contributed by atoms with Gasteiger partial charge in [0.2, 0.25) is 0 Å². The normalized spacial score (nSPS) is 13.4. The van der Waals surface area contributed by atoms with Gasteiger partial charge in [-0.25, -0.2) is 0 Å². The van der Waals surface area contributed by atoms with Crippen molar-refractivity contribution in [1.29, 1.82) is 0 Å². The fourth-order valence-corrected chi connectivity index (χ4v) is 1.98. The Morgan fingerprint density at radius 2 is 1.94 bits per heavy atom. The second-order valence-electron chi connectivity index (χ2n) is 4.58. The lowest BCUT2D eigenvalue weighted by molar-refractivity contribution is -0.0121. The number of halogens is 1. The molecule has 1 aromatic rings. The van der Waals surface area contributed by atoms with Crippen LogP contribution in [0.2, 0.25) is 0 Å². The van der Waals surface area contributed by atoms with Crippen molar-refractivity contribution in [2.75, 3.05) is 6.61 Å². The number of hydrogen-bond acceptors (Lipinski definition) is 3. The Labute approximate surface area is 117 Å². The Morgan fingerprint density at radius 1 is 1.33 bits per heavy atom. The summed E-state index contributed by atoms with van der Waals surface area (Å²) in [5.41, 5.74) is -0.0779. The van der Waals surface area contributed by atoms with Crippen LogP contribution in [0.3, 0.4) is 0 Å². The largest absolute Gasteiger partial charge is 0.490 e. The van der Waals surface area contributed by atoms with Crippen LogP contribution >= 0.6 is 15.9 Å². The van der Waals surface area contributed by atoms with Crippen LogP contribution in [0.1, 0.15) is 45.3 Å². The van der Waals surface area contributed by atoms with Crippen LogP contribution in [0.5, 0.6) is 5.75 Å². The van der Waals surface area contributed by atoms with Crippen molar-refractivity contribution < 1.29 is 14.9 Å². The minimum absolute atomic E-state index is 0.232. The number of ether oxygens (including phenoxy) is 1. The van der Waals surface area contributed by atoms with Gasteiger partial charge in [0.15, 0.2) is 0 Å². The van der Waals surface area contributed by atoms with Crippen LogP contribution in [-0.2, 0) is 0 Å². The minimum atomic E-state index is -0.807. The van der Waals surface area contributed by atoms with Crippen LogP contribution in [0, 0.1) is 0 Å². The molecule has 0 radical (unpaired) electrons. The molecule has 0 aliphatic rings. The Bertz CT molecular complexity index is 387. The van der Waals surface area contributed by atoms with Crippen LogP contribution in [0.25, 0.3) is 0 Å². The number of aliphatic hydroxyl groups is 2. The predicted octanol–water partition coefficient (Wildman–Crippen LogP) is 3.43. The number of benzene rings is 1. The van der Waals surface area contributed by atoms with Gasteiger partial charge in [-0.1, -0.05) is 35.8 Å². The first-order valence-corrected chi connectivity index (χ1v) is 7.04. The number of rotatable bonds is 6. The van der Waals surface area contributed by atoms with Crippen molar-refractivity contribution in [3.8, 4) is 5.75 Å². The molecule has 0 heterocycles. The Morgan fingerprint density at radius 3 is 2.44 bits per heavy atom. The average Bonchev–Trinajstić information content (AvgIpc) is 2.35. The fourth-order valence-electron chi connectivity index (χ4n) is 1.64. The summed E-state index contributed by atoms with van der Waals surface area (Å²) in [6.45, 7) is 5.80. The summed E-state index contributed by atoms with van der Waals surface area (Å²) in [7, 11) is 0. The van der Waals surface area contributed by atoms with E-state index in [0.29, 0.717) is 18.6 Å². The van der Waals surface area contributed by atoms with Gasteiger partial charge in [0.1, 0.15) is 12.4 Å². The van der Waals surface area contributed by atoms with Gasteiger partial charge < -0.3 is 14.9 Å². The van der Waals surface area contributed by atoms with Crippen molar-refractivity contribution in [1.82, 2.24) is 0 Å². The topological polar surface area (TPSA) is 49.7 Å². The highest BCUT2D eigenvalue weighted by Crippen LogP contribution is 2.29. The van der Waals surface area contributed by atoms with E-state index in [9.17, 15) is 10.2 Å². The summed E-state index contributed by atoms with van der Waals surface area (Å²) in [6.07, 6.45) is 0.688. The maximum absolute atomic E-state index is 10.2. The molecule has 3 nitrogen and oxygen atoms in total. The van der Waals surface area contributed by atoms with Crippen LogP contribution in [0.4, 0.5) is 0 Å². The van der Waals surface area contributed by atoms with Gasteiger partial charge in [0.05, 0.1) is 11.7 Å². The zero-order valence-electron chi connectivity index (χ0n) is 11.1. The summed E-state index contributed by atoms with van der Waals surface area (Å²) in [5, 5.41) is 19.9. The van der Waals surface area contributed by atoms with Gasteiger partial charge in [-0.15, -0.1) is 0 Å². The molecule has 102 valence electrons. The third-order valence-corrected chi connectivity index (χ3v) is 3.73. The molecule has 1 aromatic carbocycles. The van der Waals surface area contributed by atoms with E-state index in [2.05, 4.69) is 15.9 Å². The molecular formula is C14H21BrO3. The van der Waals surface area contributed by atoms with Crippen LogP contribution in [0.15, 0.2) is 22.7 Å². The highest BCUT2D eigenvalue weighted by molar-refractivity contribution is 9.10.